The second kappa shape index (κ2) is 7.33. The molecule has 20 heavy (non-hydrogen) atoms. The normalized spacial score (nSPS) is 13.9. The molecule has 1 rings (SSSR count). The van der Waals surface area contributed by atoms with Crippen LogP contribution in [-0.4, -0.2) is 27.0 Å². The Kier molecular flexibility index (Phi) is 6.36. The van der Waals surface area contributed by atoms with Crippen LogP contribution in [0.1, 0.15) is 44.2 Å². The molecule has 0 radical (unpaired) electrons. The molecule has 0 aliphatic rings. The molecule has 112 valence electrons. The highest BCUT2D eigenvalue weighted by molar-refractivity contribution is 7.46. The van der Waals surface area contributed by atoms with Crippen molar-refractivity contribution in [3.63, 3.8) is 0 Å². The second-order valence-electron chi connectivity index (χ2n) is 6.22. The lowest BCUT2D eigenvalue weighted by atomic mass is 9.73. The Morgan fingerprint density at radius 1 is 1.40 bits per heavy atom. The maximum atomic E-state index is 4.29. The zero-order chi connectivity index (χ0) is 15.3. The number of benzene rings is 1. The van der Waals surface area contributed by atoms with Crippen molar-refractivity contribution < 1.29 is 0 Å². The predicted molar refractivity (Wildman–Crippen MR) is 95.0 cm³/mol. The fourth-order valence-electron chi connectivity index (χ4n) is 2.63. The minimum absolute atomic E-state index is 0.242. The zero-order valence-corrected chi connectivity index (χ0v) is 14.8. The van der Waals surface area contributed by atoms with E-state index in [-0.39, 0.29) is 5.41 Å². The molecule has 2 nitrogen and oxygen atoms in total. The number of nitrogens with one attached hydrogen (secondary N) is 1. The Labute approximate surface area is 126 Å². The lowest BCUT2D eigenvalue weighted by molar-refractivity contribution is 0.276. The second-order valence-corrected chi connectivity index (χ2v) is 7.26. The van der Waals surface area contributed by atoms with Crippen LogP contribution in [0, 0.1) is 12.3 Å². The number of hydrogen-bond acceptors (Lipinski definition) is 2. The van der Waals surface area contributed by atoms with Crippen LogP contribution in [0.15, 0.2) is 17.1 Å². The summed E-state index contributed by atoms with van der Waals surface area (Å²) in [5.74, 6) is 0.472. The molecule has 1 aromatic rings. The lowest BCUT2D eigenvalue weighted by Crippen LogP contribution is -2.27. The average Bonchev–Trinajstić information content (AvgIpc) is 2.43. The molecular formula is C17H29N2P. The van der Waals surface area contributed by atoms with E-state index in [0.717, 1.165) is 27.2 Å². The summed E-state index contributed by atoms with van der Waals surface area (Å²) in [5, 5.41) is 4.70. The fourth-order valence-corrected chi connectivity index (χ4v) is 3.61. The molecule has 0 saturated carbocycles. The minimum Gasteiger partial charge on any atom is -0.320 e. The maximum absolute atomic E-state index is 4.29. The van der Waals surface area contributed by atoms with Crippen molar-refractivity contribution in [3.8, 4) is 0 Å². The van der Waals surface area contributed by atoms with Crippen LogP contribution in [0.5, 0.6) is 0 Å². The van der Waals surface area contributed by atoms with Gasteiger partial charge in [-0.3, -0.25) is 4.99 Å². The van der Waals surface area contributed by atoms with E-state index in [4.69, 9.17) is 0 Å². The van der Waals surface area contributed by atoms with E-state index in [0.29, 0.717) is 5.92 Å². The molecule has 0 aliphatic carbocycles. The first-order valence-corrected chi connectivity index (χ1v) is 8.81. The van der Waals surface area contributed by atoms with Crippen LogP contribution in [0.4, 0.5) is 5.69 Å². The van der Waals surface area contributed by atoms with E-state index in [9.17, 15) is 0 Å². The lowest BCUT2D eigenvalue weighted by Gasteiger charge is -2.34. The Hall–Kier alpha value is -0.720. The summed E-state index contributed by atoms with van der Waals surface area (Å²) in [7, 11) is 2.81. The van der Waals surface area contributed by atoms with E-state index in [1.807, 2.05) is 7.05 Å². The van der Waals surface area contributed by atoms with Gasteiger partial charge in [0.05, 0.1) is 5.69 Å². The van der Waals surface area contributed by atoms with Crippen molar-refractivity contribution in [2.24, 2.45) is 10.4 Å². The Morgan fingerprint density at radius 3 is 2.55 bits per heavy atom. The van der Waals surface area contributed by atoms with Gasteiger partial charge in [-0.2, -0.15) is 0 Å². The highest BCUT2D eigenvalue weighted by atomic mass is 31.1. The van der Waals surface area contributed by atoms with Crippen molar-refractivity contribution in [3.05, 3.63) is 23.3 Å². The standard InChI is InChI=1S/C17H29N2P/c1-12-10-14(19-6)16(15(11-12)20-7)13(2)17(3,4)8-9-18-5/h10-11,13,18,20H,6,8-9H2,1-5,7H3. The highest BCUT2D eigenvalue weighted by Crippen LogP contribution is 2.42. The van der Waals surface area contributed by atoms with Crippen molar-refractivity contribution >= 4 is 26.3 Å². The van der Waals surface area contributed by atoms with Crippen molar-refractivity contribution in [2.75, 3.05) is 20.3 Å². The van der Waals surface area contributed by atoms with E-state index in [1.165, 1.54) is 16.4 Å². The first-order chi connectivity index (χ1) is 9.37. The predicted octanol–water partition coefficient (Wildman–Crippen LogP) is 4.00. The van der Waals surface area contributed by atoms with Gasteiger partial charge in [-0.05, 0) is 74.2 Å². The van der Waals surface area contributed by atoms with Crippen molar-refractivity contribution in [1.29, 1.82) is 0 Å². The molecule has 0 fully saturated rings. The monoisotopic (exact) mass is 292 g/mol. The van der Waals surface area contributed by atoms with Gasteiger partial charge in [0.1, 0.15) is 0 Å². The first-order valence-electron chi connectivity index (χ1n) is 7.31. The smallest absolute Gasteiger partial charge is 0.0666 e. The molecule has 2 atom stereocenters. The Morgan fingerprint density at radius 2 is 2.05 bits per heavy atom. The van der Waals surface area contributed by atoms with E-state index >= 15 is 0 Å². The molecule has 0 bridgehead atoms. The third kappa shape index (κ3) is 3.90. The Bertz CT molecular complexity index is 466. The van der Waals surface area contributed by atoms with Gasteiger partial charge in [0, 0.05) is 0 Å². The average molecular weight is 292 g/mol. The number of aliphatic imine (C=N–C) groups is 1. The van der Waals surface area contributed by atoms with Crippen LogP contribution >= 0.6 is 8.58 Å². The van der Waals surface area contributed by atoms with Gasteiger partial charge in [-0.15, -0.1) is 0 Å². The molecule has 0 heterocycles. The van der Waals surface area contributed by atoms with Crippen LogP contribution < -0.4 is 10.6 Å². The van der Waals surface area contributed by atoms with Crippen LogP contribution in [-0.2, 0) is 0 Å². The molecule has 0 amide bonds. The summed E-state index contributed by atoms with van der Waals surface area (Å²) in [4.78, 5) is 4.29. The summed E-state index contributed by atoms with van der Waals surface area (Å²) in [5.41, 5.74) is 3.99. The topological polar surface area (TPSA) is 24.4 Å². The quantitative estimate of drug-likeness (QED) is 0.596. The summed E-state index contributed by atoms with van der Waals surface area (Å²) in [6, 6.07) is 4.48. The number of rotatable bonds is 7. The SMILES string of the molecule is C=Nc1cc(C)cc(PC)c1C(C)C(C)(C)CCNC. The summed E-state index contributed by atoms with van der Waals surface area (Å²) < 4.78 is 0. The summed E-state index contributed by atoms with van der Waals surface area (Å²) in [6.07, 6.45) is 1.15. The molecule has 1 N–H and O–H groups in total. The van der Waals surface area contributed by atoms with Crippen LogP contribution in [0.2, 0.25) is 0 Å². The van der Waals surface area contributed by atoms with E-state index in [2.05, 4.69) is 63.5 Å². The minimum atomic E-state index is 0.242. The third-order valence-corrected chi connectivity index (χ3v) is 5.32. The third-order valence-electron chi connectivity index (χ3n) is 4.37. The van der Waals surface area contributed by atoms with Gasteiger partial charge in [0.25, 0.3) is 0 Å². The highest BCUT2D eigenvalue weighted by Gasteiger charge is 2.29. The van der Waals surface area contributed by atoms with Crippen molar-refractivity contribution in [1.82, 2.24) is 5.32 Å². The van der Waals surface area contributed by atoms with Gasteiger partial charge in [-0.25, -0.2) is 0 Å². The Balaban J connectivity index is 3.26. The van der Waals surface area contributed by atoms with Crippen LogP contribution in [0.25, 0.3) is 0 Å². The number of aryl methyl sites for hydroxylation is 1. The number of hydrogen-bond donors (Lipinski definition) is 1. The largest absolute Gasteiger partial charge is 0.320 e. The van der Waals surface area contributed by atoms with Gasteiger partial charge >= 0.3 is 0 Å². The molecule has 2 unspecified atom stereocenters. The fraction of sp³-hybridized carbons (Fsp3) is 0.588. The van der Waals surface area contributed by atoms with Gasteiger partial charge in [-0.1, -0.05) is 35.4 Å². The summed E-state index contributed by atoms with van der Waals surface area (Å²) >= 11 is 0. The van der Waals surface area contributed by atoms with Gasteiger partial charge in [0.2, 0.25) is 0 Å². The zero-order valence-electron chi connectivity index (χ0n) is 13.8. The van der Waals surface area contributed by atoms with Gasteiger partial charge < -0.3 is 5.32 Å². The molecule has 3 heteroatoms. The van der Waals surface area contributed by atoms with Crippen molar-refractivity contribution in [2.45, 2.75) is 40.0 Å². The van der Waals surface area contributed by atoms with Gasteiger partial charge in [0.15, 0.2) is 0 Å². The first kappa shape index (κ1) is 17.3. The van der Waals surface area contributed by atoms with E-state index in [1.54, 1.807) is 0 Å². The summed E-state index contributed by atoms with van der Waals surface area (Å²) in [6.45, 7) is 16.2. The number of nitrogens with zero attached hydrogens (tertiary/aromatic N) is 1. The molecule has 0 aromatic heterocycles. The molecule has 1 aromatic carbocycles. The molecular weight excluding hydrogens is 263 g/mol. The maximum Gasteiger partial charge on any atom is 0.0666 e. The van der Waals surface area contributed by atoms with Crippen LogP contribution in [0.3, 0.4) is 0 Å². The molecule has 0 aliphatic heterocycles. The van der Waals surface area contributed by atoms with E-state index < -0.39 is 0 Å². The molecule has 0 spiro atoms. The molecule has 0 saturated heterocycles.